The molecule has 0 aliphatic carbocycles. The zero-order chi connectivity index (χ0) is 100. The third-order valence-electron chi connectivity index (χ3n) is 21.3. The first-order chi connectivity index (χ1) is 66.1. The SMILES string of the molecule is CCc1cc(-c2c[nH]c(=O)c(NC(=O)c3ccc(C(C)(C)C)cc3)c2)ncn1.CCc1nccc(-c2c[nH]c(=O)c(NC(=O)c3ccc(C(C)(C)C)cc3)c2)n1.CN(C)c1cc(-c2c[nH]c(=O)c(NC(=O)c3ccc(C(C)(C)C)cc3)c2)ncn1.CSc1nccc(-c2c[nH]c(=O)c(NC(=O)OCc3ccccc3)c2)n1.CSc1nccc(-c2c[nH]c(=O)c(NC(=O)c3ccc(C(C)(C)C)cc3)c2)n1. The molecule has 0 bridgehead atoms. The van der Waals surface area contributed by atoms with Crippen LogP contribution in [-0.4, -0.2) is 131 Å². The molecule has 0 radical (unpaired) electrons. The zero-order valence-corrected chi connectivity index (χ0v) is 82.2. The van der Waals surface area contributed by atoms with Crippen molar-refractivity contribution in [1.82, 2.24) is 74.8 Å². The second-order valence-electron chi connectivity index (χ2n) is 35.9. The van der Waals surface area contributed by atoms with Gasteiger partial charge in [0.2, 0.25) is 0 Å². The molecule has 10 heterocycles. The molecule has 34 heteroatoms. The molecule has 0 saturated heterocycles. The number of aromatic nitrogens is 15. The number of aryl methyl sites for hydroxylation is 2. The number of amides is 5. The maximum atomic E-state index is 12.6. The Bertz CT molecular complexity index is 6760. The van der Waals surface area contributed by atoms with Gasteiger partial charge in [-0.3, -0.25) is 48.5 Å². The average molecular weight is 1910 g/mol. The quantitative estimate of drug-likeness (QED) is 0.0236. The van der Waals surface area contributed by atoms with Crippen LogP contribution in [0.1, 0.15) is 178 Å². The highest BCUT2D eigenvalue weighted by molar-refractivity contribution is 7.98. The van der Waals surface area contributed by atoms with Crippen molar-refractivity contribution in [2.24, 2.45) is 0 Å². The molecule has 714 valence electrons. The summed E-state index contributed by atoms with van der Waals surface area (Å²) < 4.78 is 5.14. The minimum Gasteiger partial charge on any atom is -0.444 e. The van der Waals surface area contributed by atoms with Crippen molar-refractivity contribution in [1.29, 1.82) is 0 Å². The summed E-state index contributed by atoms with van der Waals surface area (Å²) in [5, 5.41) is 14.5. The Morgan fingerprint density at radius 1 is 0.345 bits per heavy atom. The van der Waals surface area contributed by atoms with Crippen molar-refractivity contribution in [3.05, 3.63) is 364 Å². The normalized spacial score (nSPS) is 11.1. The molecule has 15 rings (SSSR count). The van der Waals surface area contributed by atoms with Crippen LogP contribution in [0.5, 0.6) is 0 Å². The summed E-state index contributed by atoms with van der Waals surface area (Å²) in [5.74, 6) is 0.111. The van der Waals surface area contributed by atoms with Gasteiger partial charge in [-0.15, -0.1) is 0 Å². The van der Waals surface area contributed by atoms with E-state index in [4.69, 9.17) is 4.74 Å². The lowest BCUT2D eigenvalue weighted by Gasteiger charge is -2.19. The van der Waals surface area contributed by atoms with Crippen LogP contribution in [0.25, 0.3) is 56.3 Å². The molecule has 0 atom stereocenters. The highest BCUT2D eigenvalue weighted by atomic mass is 32.2. The monoisotopic (exact) mass is 1910 g/mol. The van der Waals surface area contributed by atoms with Crippen molar-refractivity contribution >= 4 is 87.5 Å². The van der Waals surface area contributed by atoms with Gasteiger partial charge < -0.3 is 55.8 Å². The molecular weight excluding hydrogens is 1800 g/mol. The minimum atomic E-state index is -0.705. The fourth-order valence-corrected chi connectivity index (χ4v) is 13.9. The molecule has 32 nitrogen and oxygen atoms in total. The average Bonchev–Trinajstić information content (AvgIpc) is 0.806. The number of hydrogen-bond donors (Lipinski definition) is 10. The Labute approximate surface area is 812 Å². The minimum absolute atomic E-state index is 0.00341. The van der Waals surface area contributed by atoms with Crippen LogP contribution >= 0.6 is 23.5 Å². The van der Waals surface area contributed by atoms with Gasteiger partial charge >= 0.3 is 6.09 Å². The number of benzene rings is 5. The third kappa shape index (κ3) is 29.5. The van der Waals surface area contributed by atoms with E-state index in [1.54, 1.807) is 140 Å². The number of carbonyl (C=O) groups excluding carboxylic acids is 5. The van der Waals surface area contributed by atoms with Gasteiger partial charge in [0.15, 0.2) is 10.3 Å². The Morgan fingerprint density at radius 2 is 0.655 bits per heavy atom. The Kier molecular flexibility index (Phi) is 34.9. The van der Waals surface area contributed by atoms with Gasteiger partial charge in [-0.1, -0.05) is 199 Å². The number of anilines is 6. The first-order valence-corrected chi connectivity index (χ1v) is 46.8. The highest BCUT2D eigenvalue weighted by Crippen LogP contribution is 2.31. The largest absolute Gasteiger partial charge is 0.444 e. The second-order valence-corrected chi connectivity index (χ2v) is 37.5. The van der Waals surface area contributed by atoms with Gasteiger partial charge in [-0.25, -0.2) is 54.6 Å². The number of hydrogen-bond acceptors (Lipinski definition) is 24. The summed E-state index contributed by atoms with van der Waals surface area (Å²) in [6.07, 6.45) is 20.3. The molecule has 10 N–H and O–H groups in total. The molecule has 139 heavy (non-hydrogen) atoms. The van der Waals surface area contributed by atoms with Gasteiger partial charge in [-0.05, 0) is 172 Å². The van der Waals surface area contributed by atoms with Crippen molar-refractivity contribution in [2.75, 3.05) is 58.1 Å². The summed E-state index contributed by atoms with van der Waals surface area (Å²) in [5.41, 5.74) is 13.9. The molecular formula is C105H111N21O11S2. The lowest BCUT2D eigenvalue weighted by molar-refractivity contribution is 0.101. The topological polar surface area (TPSA) is 451 Å². The number of ether oxygens (including phenoxy) is 1. The molecule has 0 saturated carbocycles. The maximum Gasteiger partial charge on any atom is 0.412 e. The highest BCUT2D eigenvalue weighted by Gasteiger charge is 2.23. The standard InChI is InChI=1S/C22H25N5O2.2C22H24N4O2.C21H22N4O2S.C18H16N4O3S/c1-22(2,3)16-8-6-14(7-9-16)20(28)26-18-10-15(12-23-21(18)29)17-11-19(27(4)5)25-13-24-17;1-5-17-11-18(25-13-24-17)15-10-19(21(28)23-12-15)26-20(27)14-6-8-16(9-7-14)22(2,3)4;1-5-19-23-11-10-17(25-19)15-12-18(21(28)24-13-15)26-20(27)14-6-8-16(9-7-14)22(2,3)4;1-21(2,3)15-7-5-13(6-8-15)18(26)24-17-11-14(12-23-19(17)27)16-9-10-22-20(25-16)28-4;1-26-17-19-8-7-14(21-17)13-9-15(16(23)20-10-13)22-18(24)25-11-12-5-3-2-4-6-12/h6-13H,1-5H3,(H,23,29)(H,26,28);6-13H,5H2,1-4H3,(H,23,28)(H,26,27);6-13H,5H2,1-4H3,(H,24,28)(H,26,27);5-12H,1-4H3,(H,23,27)(H,24,26);2-10H,11H2,1H3,(H,20,23)(H,22,24). The summed E-state index contributed by atoms with van der Waals surface area (Å²) in [6.45, 7) is 29.5. The van der Waals surface area contributed by atoms with Crippen LogP contribution in [0.15, 0.2) is 285 Å². The van der Waals surface area contributed by atoms with Gasteiger partial charge in [0.25, 0.3) is 51.4 Å². The molecule has 0 aliphatic heterocycles. The van der Waals surface area contributed by atoms with E-state index in [0.717, 1.165) is 45.7 Å². The fourth-order valence-electron chi connectivity index (χ4n) is 13.2. The summed E-state index contributed by atoms with van der Waals surface area (Å²) >= 11 is 2.85. The molecule has 0 fully saturated rings. The summed E-state index contributed by atoms with van der Waals surface area (Å²) in [4.78, 5) is 181. The van der Waals surface area contributed by atoms with E-state index in [1.165, 1.54) is 42.4 Å². The van der Waals surface area contributed by atoms with Crippen molar-refractivity contribution in [3.8, 4) is 56.3 Å². The Hall–Kier alpha value is -16.1. The van der Waals surface area contributed by atoms with E-state index < -0.39 is 11.7 Å². The number of thioether (sulfide) groups is 2. The molecule has 0 aliphatic rings. The second kappa shape index (κ2) is 46.9. The van der Waals surface area contributed by atoms with Gasteiger partial charge in [0, 0.05) is 132 Å². The van der Waals surface area contributed by atoms with Crippen LogP contribution in [0.4, 0.5) is 39.0 Å². The van der Waals surface area contributed by atoms with Crippen LogP contribution in [0, 0.1) is 0 Å². The van der Waals surface area contributed by atoms with E-state index in [1.807, 2.05) is 136 Å². The molecule has 15 aromatic rings. The number of pyridine rings is 5. The van der Waals surface area contributed by atoms with Crippen LogP contribution in [0.3, 0.4) is 0 Å². The number of aromatic amines is 5. The fraction of sp³-hybridized carbons (Fsp3) is 0.238. The number of rotatable bonds is 21. The van der Waals surface area contributed by atoms with E-state index in [-0.39, 0.29) is 103 Å². The smallest absolute Gasteiger partial charge is 0.412 e. The molecule has 5 amide bonds. The lowest BCUT2D eigenvalue weighted by atomic mass is 9.86. The maximum absolute atomic E-state index is 12.6. The predicted octanol–water partition coefficient (Wildman–Crippen LogP) is 18.7. The van der Waals surface area contributed by atoms with Crippen LogP contribution < -0.4 is 59.3 Å². The van der Waals surface area contributed by atoms with E-state index in [2.05, 4.69) is 184 Å². The molecule has 0 spiro atoms. The van der Waals surface area contributed by atoms with Crippen molar-refractivity contribution < 1.29 is 28.7 Å². The van der Waals surface area contributed by atoms with Crippen molar-refractivity contribution in [3.63, 3.8) is 0 Å². The van der Waals surface area contributed by atoms with Crippen LogP contribution in [-0.2, 0) is 45.8 Å². The van der Waals surface area contributed by atoms with Gasteiger partial charge in [-0.2, -0.15) is 0 Å². The molecule has 0 unspecified atom stereocenters. The Morgan fingerprint density at radius 3 is 0.971 bits per heavy atom. The summed E-state index contributed by atoms with van der Waals surface area (Å²) in [7, 11) is 3.77. The van der Waals surface area contributed by atoms with E-state index >= 15 is 0 Å². The van der Waals surface area contributed by atoms with E-state index in [9.17, 15) is 47.9 Å². The van der Waals surface area contributed by atoms with Crippen molar-refractivity contribution in [2.45, 2.75) is 148 Å². The lowest BCUT2D eigenvalue weighted by Crippen LogP contribution is -2.20. The summed E-state index contributed by atoms with van der Waals surface area (Å²) in [6, 6.07) is 55.8. The number of nitrogens with zero attached hydrogens (tertiary/aromatic N) is 11. The van der Waals surface area contributed by atoms with Gasteiger partial charge in [0.05, 0.1) is 28.5 Å². The predicted molar refractivity (Wildman–Crippen MR) is 550 cm³/mol. The third-order valence-corrected chi connectivity index (χ3v) is 22.5. The number of nitrogens with one attached hydrogen (secondary N) is 10. The van der Waals surface area contributed by atoms with Gasteiger partial charge in [0.1, 0.15) is 59.3 Å². The first-order valence-electron chi connectivity index (χ1n) is 44.3. The number of H-pyrrole nitrogens is 5. The first kappa shape index (κ1) is 103. The number of carbonyl (C=O) groups is 5. The molecule has 10 aromatic heterocycles. The van der Waals surface area contributed by atoms with E-state index in [0.29, 0.717) is 101 Å². The van der Waals surface area contributed by atoms with Crippen LogP contribution in [0.2, 0.25) is 0 Å². The molecule has 5 aromatic carbocycles. The zero-order valence-electron chi connectivity index (χ0n) is 80.5. The Balaban J connectivity index is 0.000000166.